The van der Waals surface area contributed by atoms with Crippen LogP contribution in [0.15, 0.2) is 63.4 Å². The summed E-state index contributed by atoms with van der Waals surface area (Å²) < 4.78 is 19.9. The normalized spacial score (nSPS) is 13.3. The molecule has 30 heavy (non-hydrogen) atoms. The summed E-state index contributed by atoms with van der Waals surface area (Å²) in [6.45, 7) is 11.5. The molecule has 1 rings (SSSR count). The Bertz CT molecular complexity index is 930. The first-order valence-corrected chi connectivity index (χ1v) is 9.95. The van der Waals surface area contributed by atoms with Crippen LogP contribution in [-0.2, 0) is 4.79 Å². The predicted molar refractivity (Wildman–Crippen MR) is 123 cm³/mol. The summed E-state index contributed by atoms with van der Waals surface area (Å²) in [6.07, 6.45) is 5.65. The Balaban J connectivity index is 3.45. The van der Waals surface area contributed by atoms with Crippen LogP contribution >= 0.6 is 0 Å². The zero-order valence-corrected chi connectivity index (χ0v) is 19.0. The highest BCUT2D eigenvalue weighted by Crippen LogP contribution is 2.33. The molecule has 1 N–H and O–H groups in total. The van der Waals surface area contributed by atoms with Gasteiger partial charge in [0.05, 0.1) is 18.2 Å². The SMILES string of the molecule is CCCN=C\C(C(C)=O)=C(O)/C=C(C)/C(C)=C/C(=C(C)C)c1c(F)cccc1OC. The Morgan fingerprint density at radius 3 is 2.30 bits per heavy atom. The van der Waals surface area contributed by atoms with Gasteiger partial charge in [-0.25, -0.2) is 4.39 Å². The molecule has 0 bridgehead atoms. The van der Waals surface area contributed by atoms with Crippen molar-refractivity contribution in [2.45, 2.75) is 48.0 Å². The molecule has 0 saturated carbocycles. The van der Waals surface area contributed by atoms with E-state index in [1.54, 1.807) is 12.1 Å². The van der Waals surface area contributed by atoms with Crippen LogP contribution in [0.3, 0.4) is 0 Å². The molecule has 4 nitrogen and oxygen atoms in total. The van der Waals surface area contributed by atoms with E-state index in [0.717, 1.165) is 23.1 Å². The van der Waals surface area contributed by atoms with Gasteiger partial charge in [0.25, 0.3) is 0 Å². The van der Waals surface area contributed by atoms with Crippen LogP contribution in [0.5, 0.6) is 5.75 Å². The van der Waals surface area contributed by atoms with E-state index < -0.39 is 0 Å². The van der Waals surface area contributed by atoms with E-state index in [9.17, 15) is 14.3 Å². The van der Waals surface area contributed by atoms with Crippen LogP contribution in [0.4, 0.5) is 4.39 Å². The number of halogens is 1. The number of benzene rings is 1. The average Bonchev–Trinajstić information content (AvgIpc) is 2.68. The van der Waals surface area contributed by atoms with Crippen molar-refractivity contribution in [2.75, 3.05) is 13.7 Å². The minimum Gasteiger partial charge on any atom is -0.507 e. The van der Waals surface area contributed by atoms with Gasteiger partial charge in [0.1, 0.15) is 17.3 Å². The number of methoxy groups -OCH3 is 1. The van der Waals surface area contributed by atoms with Gasteiger partial charge in [-0.05, 0) is 76.0 Å². The number of aliphatic imine (C=N–C) groups is 1. The molecule has 0 saturated heterocycles. The van der Waals surface area contributed by atoms with Gasteiger partial charge in [0.2, 0.25) is 0 Å². The molecule has 0 spiro atoms. The highest BCUT2D eigenvalue weighted by atomic mass is 19.1. The highest BCUT2D eigenvalue weighted by Gasteiger charge is 2.15. The van der Waals surface area contributed by atoms with Crippen molar-refractivity contribution in [3.05, 3.63) is 69.8 Å². The van der Waals surface area contributed by atoms with Crippen molar-refractivity contribution < 1.29 is 19.0 Å². The second-order valence-corrected chi connectivity index (χ2v) is 7.28. The van der Waals surface area contributed by atoms with Crippen LogP contribution in [0.1, 0.15) is 53.5 Å². The van der Waals surface area contributed by atoms with Gasteiger partial charge in [-0.3, -0.25) is 9.79 Å². The number of rotatable bonds is 9. The van der Waals surface area contributed by atoms with Gasteiger partial charge >= 0.3 is 0 Å². The molecule has 0 unspecified atom stereocenters. The maximum Gasteiger partial charge on any atom is 0.165 e. The molecular weight excluding hydrogens is 381 g/mol. The standard InChI is InChI=1S/C25H32FNO3/c1-8-12-27-15-21(19(6)28)23(29)14-18(5)17(4)13-20(16(2)3)25-22(26)10-9-11-24(25)30-7/h9-11,13-15,29H,8,12H2,1-7H3/b17-13+,18-14+,23-21-,27-15?. The third-order valence-corrected chi connectivity index (χ3v) is 4.57. The Labute approximate surface area is 179 Å². The molecule has 0 atom stereocenters. The molecule has 0 radical (unpaired) electrons. The van der Waals surface area contributed by atoms with E-state index in [-0.39, 0.29) is 22.9 Å². The summed E-state index contributed by atoms with van der Waals surface area (Å²) in [5.41, 5.74) is 3.73. The summed E-state index contributed by atoms with van der Waals surface area (Å²) in [6, 6.07) is 4.72. The number of hydrogen-bond donors (Lipinski definition) is 1. The quantitative estimate of drug-likeness (QED) is 0.220. The van der Waals surface area contributed by atoms with E-state index in [2.05, 4.69) is 4.99 Å². The maximum absolute atomic E-state index is 14.6. The third kappa shape index (κ3) is 6.83. The third-order valence-electron chi connectivity index (χ3n) is 4.57. The van der Waals surface area contributed by atoms with Crippen molar-refractivity contribution in [1.29, 1.82) is 0 Å². The zero-order chi connectivity index (χ0) is 22.8. The topological polar surface area (TPSA) is 58.9 Å². The Hall–Kier alpha value is -2.95. The van der Waals surface area contributed by atoms with E-state index >= 15 is 0 Å². The summed E-state index contributed by atoms with van der Waals surface area (Å²) in [5, 5.41) is 10.5. The van der Waals surface area contributed by atoms with Gasteiger partial charge in [-0.2, -0.15) is 0 Å². The first-order chi connectivity index (χ1) is 14.1. The highest BCUT2D eigenvalue weighted by molar-refractivity contribution is 6.12. The number of carbonyl (C=O) groups is 1. The fourth-order valence-electron chi connectivity index (χ4n) is 2.75. The summed E-state index contributed by atoms with van der Waals surface area (Å²) in [4.78, 5) is 16.0. The molecule has 0 aliphatic rings. The number of aliphatic hydroxyl groups excluding tert-OH is 1. The van der Waals surface area contributed by atoms with Gasteiger partial charge < -0.3 is 9.84 Å². The van der Waals surface area contributed by atoms with Crippen molar-refractivity contribution in [3.63, 3.8) is 0 Å². The molecule has 1 aromatic carbocycles. The second kappa shape index (κ2) is 11.9. The monoisotopic (exact) mass is 413 g/mol. The molecule has 0 heterocycles. The van der Waals surface area contributed by atoms with Crippen molar-refractivity contribution in [2.24, 2.45) is 4.99 Å². The Morgan fingerprint density at radius 2 is 1.77 bits per heavy atom. The van der Waals surface area contributed by atoms with Crippen molar-refractivity contribution >= 4 is 17.6 Å². The molecule has 5 heteroatoms. The average molecular weight is 414 g/mol. The number of ether oxygens (including phenoxy) is 1. The van der Waals surface area contributed by atoms with E-state index in [4.69, 9.17) is 4.74 Å². The van der Waals surface area contributed by atoms with E-state index in [1.165, 1.54) is 32.4 Å². The molecule has 0 amide bonds. The van der Waals surface area contributed by atoms with E-state index in [0.29, 0.717) is 23.4 Å². The second-order valence-electron chi connectivity index (χ2n) is 7.28. The summed E-state index contributed by atoms with van der Waals surface area (Å²) in [5.74, 6) is -0.329. The van der Waals surface area contributed by atoms with Crippen LogP contribution in [0, 0.1) is 5.82 Å². The number of hydrogen-bond acceptors (Lipinski definition) is 4. The molecule has 0 aliphatic heterocycles. The predicted octanol–water partition coefficient (Wildman–Crippen LogP) is 6.40. The largest absolute Gasteiger partial charge is 0.507 e. The minimum atomic E-state index is -0.370. The molecule has 0 fully saturated rings. The lowest BCUT2D eigenvalue weighted by Gasteiger charge is -2.14. The molecule has 162 valence electrons. The van der Waals surface area contributed by atoms with Crippen LogP contribution in [0.2, 0.25) is 0 Å². The molecule has 1 aromatic rings. The fourth-order valence-corrected chi connectivity index (χ4v) is 2.75. The van der Waals surface area contributed by atoms with Crippen LogP contribution in [-0.4, -0.2) is 30.8 Å². The number of aliphatic hydroxyl groups is 1. The number of ketones is 1. The van der Waals surface area contributed by atoms with Crippen molar-refractivity contribution in [1.82, 2.24) is 0 Å². The lowest BCUT2D eigenvalue weighted by molar-refractivity contribution is -0.113. The molecular formula is C25H32FNO3. The Kier molecular flexibility index (Phi) is 9.96. The lowest BCUT2D eigenvalue weighted by atomic mass is 9.95. The number of allylic oxidation sites excluding steroid dienone is 7. The smallest absolute Gasteiger partial charge is 0.165 e. The van der Waals surface area contributed by atoms with E-state index in [1.807, 2.05) is 40.7 Å². The van der Waals surface area contributed by atoms with Gasteiger partial charge in [-0.1, -0.05) is 24.6 Å². The summed E-state index contributed by atoms with van der Waals surface area (Å²) >= 11 is 0. The van der Waals surface area contributed by atoms with Crippen LogP contribution in [0.25, 0.3) is 5.57 Å². The molecule has 0 aliphatic carbocycles. The minimum absolute atomic E-state index is 0.144. The van der Waals surface area contributed by atoms with Crippen molar-refractivity contribution in [3.8, 4) is 5.75 Å². The molecule has 0 aromatic heterocycles. The number of Topliss-reactive ketones (excluding diaryl/α,β-unsaturated/α-hetero) is 1. The van der Waals surface area contributed by atoms with Gasteiger partial charge in [-0.15, -0.1) is 0 Å². The first kappa shape index (κ1) is 25.1. The first-order valence-electron chi connectivity index (χ1n) is 9.95. The number of nitrogens with zero attached hydrogens (tertiary/aromatic N) is 1. The fraction of sp³-hybridized carbons (Fsp3) is 0.360. The number of carbonyl (C=O) groups excluding carboxylic acids is 1. The van der Waals surface area contributed by atoms with Gasteiger partial charge in [0.15, 0.2) is 5.78 Å². The van der Waals surface area contributed by atoms with Crippen LogP contribution < -0.4 is 4.74 Å². The lowest BCUT2D eigenvalue weighted by Crippen LogP contribution is -2.03. The zero-order valence-electron chi connectivity index (χ0n) is 19.0. The maximum atomic E-state index is 14.6. The summed E-state index contributed by atoms with van der Waals surface area (Å²) in [7, 11) is 1.51. The van der Waals surface area contributed by atoms with Gasteiger partial charge in [0, 0.05) is 12.8 Å². The Morgan fingerprint density at radius 1 is 1.13 bits per heavy atom.